The van der Waals surface area contributed by atoms with E-state index in [9.17, 15) is 4.79 Å². The number of halogens is 1. The number of amides is 1. The van der Waals surface area contributed by atoms with Crippen molar-refractivity contribution in [2.45, 2.75) is 13.0 Å². The number of hydrogen-bond donors (Lipinski definition) is 1. The summed E-state index contributed by atoms with van der Waals surface area (Å²) in [4.78, 5) is 20.6. The molecule has 1 aromatic carbocycles. The van der Waals surface area contributed by atoms with E-state index in [0.29, 0.717) is 30.3 Å². The molecule has 2 aromatic rings. The molecule has 0 saturated carbocycles. The molecule has 2 rings (SSSR count). The van der Waals surface area contributed by atoms with Crippen LogP contribution < -0.4 is 4.74 Å². The molecule has 1 aromatic heterocycles. The van der Waals surface area contributed by atoms with Gasteiger partial charge in [-0.25, -0.2) is 4.98 Å². The Morgan fingerprint density at radius 2 is 2.25 bits per heavy atom. The van der Waals surface area contributed by atoms with E-state index in [2.05, 4.69) is 9.97 Å². The van der Waals surface area contributed by atoms with Crippen LogP contribution in [0.5, 0.6) is 5.75 Å². The van der Waals surface area contributed by atoms with Crippen molar-refractivity contribution in [3.63, 3.8) is 0 Å². The van der Waals surface area contributed by atoms with Gasteiger partial charge in [-0.3, -0.25) is 4.79 Å². The largest absolute Gasteiger partial charge is 0.491 e. The highest BCUT2D eigenvalue weighted by molar-refractivity contribution is 6.32. The molecular formula is C14H16ClN3O2. The minimum absolute atomic E-state index is 0.00606. The quantitative estimate of drug-likeness (QED) is 0.890. The topological polar surface area (TPSA) is 58.2 Å². The number of rotatable bonds is 6. The molecule has 0 aliphatic carbocycles. The number of hydrogen-bond acceptors (Lipinski definition) is 3. The van der Waals surface area contributed by atoms with E-state index in [1.54, 1.807) is 36.5 Å². The molecule has 106 valence electrons. The SMILES string of the molecule is CN(Cc1ncc[nH]1)C(=O)CCOc1ccccc1Cl. The lowest BCUT2D eigenvalue weighted by Crippen LogP contribution is -2.27. The summed E-state index contributed by atoms with van der Waals surface area (Å²) in [6, 6.07) is 7.20. The smallest absolute Gasteiger partial charge is 0.226 e. The fourth-order valence-electron chi connectivity index (χ4n) is 1.70. The number of ether oxygens (including phenoxy) is 1. The summed E-state index contributed by atoms with van der Waals surface area (Å²) >= 11 is 5.96. The van der Waals surface area contributed by atoms with Crippen molar-refractivity contribution in [1.82, 2.24) is 14.9 Å². The lowest BCUT2D eigenvalue weighted by Gasteiger charge is -2.16. The molecule has 0 fully saturated rings. The molecule has 0 radical (unpaired) electrons. The summed E-state index contributed by atoms with van der Waals surface area (Å²) < 4.78 is 5.49. The van der Waals surface area contributed by atoms with Crippen LogP contribution in [0.3, 0.4) is 0 Å². The van der Waals surface area contributed by atoms with Crippen LogP contribution in [0.4, 0.5) is 0 Å². The lowest BCUT2D eigenvalue weighted by molar-refractivity contribution is -0.131. The van der Waals surface area contributed by atoms with Gasteiger partial charge >= 0.3 is 0 Å². The summed E-state index contributed by atoms with van der Waals surface area (Å²) in [7, 11) is 1.74. The van der Waals surface area contributed by atoms with Gasteiger partial charge in [0.15, 0.2) is 0 Å². The van der Waals surface area contributed by atoms with Gasteiger partial charge in [-0.1, -0.05) is 23.7 Å². The van der Waals surface area contributed by atoms with Gasteiger partial charge in [0.05, 0.1) is 24.6 Å². The van der Waals surface area contributed by atoms with Gasteiger partial charge in [0.2, 0.25) is 5.91 Å². The van der Waals surface area contributed by atoms with Crippen molar-refractivity contribution < 1.29 is 9.53 Å². The average molecular weight is 294 g/mol. The first-order valence-corrected chi connectivity index (χ1v) is 6.64. The van der Waals surface area contributed by atoms with Crippen LogP contribution >= 0.6 is 11.6 Å². The Kier molecular flexibility index (Phi) is 5.01. The molecular weight excluding hydrogens is 278 g/mol. The van der Waals surface area contributed by atoms with Crippen LogP contribution in [0.2, 0.25) is 5.02 Å². The Bertz CT molecular complexity index is 557. The molecule has 0 atom stereocenters. The van der Waals surface area contributed by atoms with Crippen molar-refractivity contribution >= 4 is 17.5 Å². The van der Waals surface area contributed by atoms with E-state index < -0.39 is 0 Å². The minimum atomic E-state index is -0.00606. The second kappa shape index (κ2) is 6.96. The summed E-state index contributed by atoms with van der Waals surface area (Å²) in [6.07, 6.45) is 3.69. The molecule has 0 aliphatic heterocycles. The van der Waals surface area contributed by atoms with Crippen LogP contribution in [0, 0.1) is 0 Å². The third-order valence-corrected chi connectivity index (χ3v) is 3.09. The number of para-hydroxylation sites is 1. The third-order valence-electron chi connectivity index (χ3n) is 2.78. The summed E-state index contributed by atoms with van der Waals surface area (Å²) in [5.74, 6) is 1.34. The van der Waals surface area contributed by atoms with E-state index in [0.717, 1.165) is 5.82 Å². The standard InChI is InChI=1S/C14H16ClN3O2/c1-18(10-13-16-7-8-17-13)14(19)6-9-20-12-5-3-2-4-11(12)15/h2-5,7-8H,6,9-10H2,1H3,(H,16,17). The molecule has 0 bridgehead atoms. The van der Waals surface area contributed by atoms with Crippen LogP contribution in [-0.2, 0) is 11.3 Å². The van der Waals surface area contributed by atoms with Crippen molar-refractivity contribution in [3.8, 4) is 5.75 Å². The Morgan fingerprint density at radius 1 is 1.45 bits per heavy atom. The number of carbonyl (C=O) groups is 1. The van der Waals surface area contributed by atoms with Crippen LogP contribution in [0.15, 0.2) is 36.7 Å². The highest BCUT2D eigenvalue weighted by Crippen LogP contribution is 2.23. The summed E-state index contributed by atoms with van der Waals surface area (Å²) in [6.45, 7) is 0.753. The van der Waals surface area contributed by atoms with E-state index in [4.69, 9.17) is 16.3 Å². The fraction of sp³-hybridized carbons (Fsp3) is 0.286. The van der Waals surface area contributed by atoms with Gasteiger partial charge in [-0.2, -0.15) is 0 Å². The Morgan fingerprint density at radius 3 is 2.95 bits per heavy atom. The maximum Gasteiger partial charge on any atom is 0.226 e. The molecule has 1 amide bonds. The Labute approximate surface area is 122 Å². The number of aromatic nitrogens is 2. The number of benzene rings is 1. The summed E-state index contributed by atoms with van der Waals surface area (Å²) in [5.41, 5.74) is 0. The highest BCUT2D eigenvalue weighted by atomic mass is 35.5. The lowest BCUT2D eigenvalue weighted by atomic mass is 10.3. The zero-order valence-electron chi connectivity index (χ0n) is 11.2. The number of carbonyl (C=O) groups excluding carboxylic acids is 1. The van der Waals surface area contributed by atoms with Crippen molar-refractivity contribution in [3.05, 3.63) is 47.5 Å². The van der Waals surface area contributed by atoms with E-state index in [1.807, 2.05) is 12.1 Å². The zero-order valence-corrected chi connectivity index (χ0v) is 11.9. The maximum absolute atomic E-state index is 11.9. The molecule has 20 heavy (non-hydrogen) atoms. The predicted octanol–water partition coefficient (Wildman–Crippen LogP) is 2.49. The molecule has 0 aliphatic rings. The molecule has 0 spiro atoms. The number of H-pyrrole nitrogens is 1. The second-order valence-electron chi connectivity index (χ2n) is 4.31. The minimum Gasteiger partial charge on any atom is -0.491 e. The predicted molar refractivity (Wildman–Crippen MR) is 76.6 cm³/mol. The normalized spacial score (nSPS) is 10.3. The number of aromatic amines is 1. The fourth-order valence-corrected chi connectivity index (χ4v) is 1.89. The van der Waals surface area contributed by atoms with E-state index in [1.165, 1.54) is 0 Å². The number of nitrogens with zero attached hydrogens (tertiary/aromatic N) is 2. The average Bonchev–Trinajstić information content (AvgIpc) is 2.93. The molecule has 0 unspecified atom stereocenters. The second-order valence-corrected chi connectivity index (χ2v) is 4.72. The number of imidazole rings is 1. The Balaban J connectivity index is 1.76. The number of nitrogens with one attached hydrogen (secondary N) is 1. The van der Waals surface area contributed by atoms with E-state index in [-0.39, 0.29) is 5.91 Å². The zero-order chi connectivity index (χ0) is 14.4. The van der Waals surface area contributed by atoms with E-state index >= 15 is 0 Å². The highest BCUT2D eigenvalue weighted by Gasteiger charge is 2.11. The molecule has 1 heterocycles. The van der Waals surface area contributed by atoms with Gasteiger partial charge < -0.3 is 14.6 Å². The third kappa shape index (κ3) is 3.99. The van der Waals surface area contributed by atoms with Crippen LogP contribution in [0.1, 0.15) is 12.2 Å². The first-order chi connectivity index (χ1) is 9.66. The van der Waals surface area contributed by atoms with Crippen molar-refractivity contribution in [2.24, 2.45) is 0 Å². The van der Waals surface area contributed by atoms with Crippen molar-refractivity contribution in [2.75, 3.05) is 13.7 Å². The van der Waals surface area contributed by atoms with Gasteiger partial charge in [-0.05, 0) is 12.1 Å². The molecule has 1 N–H and O–H groups in total. The molecule has 5 nitrogen and oxygen atoms in total. The van der Waals surface area contributed by atoms with Gasteiger partial charge in [0, 0.05) is 19.4 Å². The summed E-state index contributed by atoms with van der Waals surface area (Å²) in [5, 5.41) is 0.545. The van der Waals surface area contributed by atoms with Crippen LogP contribution in [0.25, 0.3) is 0 Å². The van der Waals surface area contributed by atoms with Gasteiger partial charge in [0.25, 0.3) is 0 Å². The Hall–Kier alpha value is -2.01. The molecule has 6 heteroatoms. The monoisotopic (exact) mass is 293 g/mol. The van der Waals surface area contributed by atoms with Gasteiger partial charge in [-0.15, -0.1) is 0 Å². The molecule has 0 saturated heterocycles. The first kappa shape index (κ1) is 14.4. The maximum atomic E-state index is 11.9. The van der Waals surface area contributed by atoms with Gasteiger partial charge in [0.1, 0.15) is 11.6 Å². The van der Waals surface area contributed by atoms with Crippen LogP contribution in [-0.4, -0.2) is 34.4 Å². The first-order valence-electron chi connectivity index (χ1n) is 6.26. The van der Waals surface area contributed by atoms with Crippen molar-refractivity contribution in [1.29, 1.82) is 0 Å².